The van der Waals surface area contributed by atoms with Crippen LogP contribution in [0.3, 0.4) is 0 Å². The van der Waals surface area contributed by atoms with Crippen molar-refractivity contribution in [1.82, 2.24) is 15.1 Å². The molecule has 3 saturated heterocycles. The Morgan fingerprint density at radius 3 is 2.46 bits per heavy atom. The van der Waals surface area contributed by atoms with Crippen LogP contribution in [0.15, 0.2) is 5.11 Å². The first-order valence-corrected chi connectivity index (χ1v) is 18.8. The molecule has 3 rings (SSSR count). The van der Waals surface area contributed by atoms with Gasteiger partial charge in [-0.1, -0.05) is 19.0 Å². The van der Waals surface area contributed by atoms with Gasteiger partial charge in [0.15, 0.2) is 20.4 Å². The van der Waals surface area contributed by atoms with Crippen LogP contribution in [-0.2, 0) is 37.8 Å². The summed E-state index contributed by atoms with van der Waals surface area (Å²) < 4.78 is 43.7. The fourth-order valence-corrected chi connectivity index (χ4v) is 8.55. The second-order valence-corrected chi connectivity index (χ2v) is 15.7. The first-order chi connectivity index (χ1) is 23.6. The predicted octanol–water partition coefficient (Wildman–Crippen LogP) is 5.11. The molecule has 3 aliphatic rings. The third-order valence-corrected chi connectivity index (χ3v) is 11.6. The van der Waals surface area contributed by atoms with Crippen LogP contribution >= 0.6 is 8.46 Å². The predicted molar refractivity (Wildman–Crippen MR) is 187 cm³/mol. The highest BCUT2D eigenvalue weighted by Gasteiger charge is 2.58. The summed E-state index contributed by atoms with van der Waals surface area (Å²) in [6.45, 7) is 14.2. The minimum atomic E-state index is -1.22. The van der Waals surface area contributed by atoms with E-state index in [0.717, 1.165) is 0 Å². The molecular weight excluding hydrogens is 667 g/mol. The van der Waals surface area contributed by atoms with Gasteiger partial charge < -0.3 is 33.9 Å². The minimum Gasteiger partial charge on any atom is -0.458 e. The lowest BCUT2D eigenvalue weighted by molar-refractivity contribution is -0.252. The maximum Gasteiger partial charge on any atom is 0.410 e. The average Bonchev–Trinajstić information content (AvgIpc) is 3.33. The average molecular weight is 727 g/mol. The van der Waals surface area contributed by atoms with E-state index in [4.69, 9.17) is 29.2 Å². The van der Waals surface area contributed by atoms with Crippen molar-refractivity contribution in [2.75, 3.05) is 40.8 Å². The number of Topliss-reactive ketones (excluding diaryl/α,β-unsaturated/α-hetero) is 1. The number of hydrogen-bond donors (Lipinski definition) is 1. The van der Waals surface area contributed by atoms with Crippen molar-refractivity contribution < 1.29 is 42.6 Å². The number of nitrogens with one attached hydrogen (secondary N) is 1. The summed E-state index contributed by atoms with van der Waals surface area (Å²) in [6, 6.07) is -0.890. The number of carbonyl (C=O) groups excluding carboxylic acids is 3. The number of carbonyl (C=O) groups is 3. The van der Waals surface area contributed by atoms with E-state index in [-0.39, 0.29) is 39.0 Å². The Morgan fingerprint density at radius 1 is 1.16 bits per heavy atom. The number of fused-ring (bicyclic) bond motifs is 1. The number of nitrogens with zero attached hydrogens (tertiary/aromatic N) is 5. The molecule has 0 aromatic heterocycles. The maximum atomic E-state index is 14.0. The smallest absolute Gasteiger partial charge is 0.410 e. The van der Waals surface area contributed by atoms with E-state index < -0.39 is 65.2 Å². The van der Waals surface area contributed by atoms with Crippen molar-refractivity contribution in [3.8, 4) is 0 Å². The molecule has 1 amide bonds. The normalized spacial score (nSPS) is 39.3. The number of amides is 1. The van der Waals surface area contributed by atoms with Crippen LogP contribution in [-0.4, -0.2) is 128 Å². The van der Waals surface area contributed by atoms with E-state index in [1.54, 1.807) is 18.9 Å². The summed E-state index contributed by atoms with van der Waals surface area (Å²) >= 11 is 0. The van der Waals surface area contributed by atoms with Crippen LogP contribution in [0.5, 0.6) is 0 Å². The molecule has 0 bridgehead atoms. The number of unbranched alkanes of at least 4 members (excludes halogenated alkanes) is 1. The summed E-state index contributed by atoms with van der Waals surface area (Å²) in [5, 5.41) is 7.21. The molecular formula is C34H59N6O9P. The lowest BCUT2D eigenvalue weighted by Gasteiger charge is -2.45. The molecule has 0 spiro atoms. The Kier molecular flexibility index (Phi) is 15.5. The maximum absolute atomic E-state index is 14.0. The molecule has 0 aromatic carbocycles. The molecule has 50 heavy (non-hydrogen) atoms. The monoisotopic (exact) mass is 726 g/mol. The van der Waals surface area contributed by atoms with Gasteiger partial charge in [0.25, 0.3) is 0 Å². The van der Waals surface area contributed by atoms with Crippen LogP contribution in [0, 0.1) is 11.8 Å². The molecule has 3 heterocycles. The highest BCUT2D eigenvalue weighted by atomic mass is 31.1. The Hall–Kier alpha value is -2.38. The van der Waals surface area contributed by atoms with Gasteiger partial charge in [-0.15, -0.1) is 0 Å². The Labute approximate surface area is 298 Å². The molecule has 15 nitrogen and oxygen atoms in total. The molecule has 12 atom stereocenters. The molecule has 0 aromatic rings. The van der Waals surface area contributed by atoms with Crippen molar-refractivity contribution in [2.24, 2.45) is 17.0 Å². The van der Waals surface area contributed by atoms with Gasteiger partial charge in [-0.25, -0.2) is 4.79 Å². The van der Waals surface area contributed by atoms with Crippen LogP contribution in [0.4, 0.5) is 4.79 Å². The summed E-state index contributed by atoms with van der Waals surface area (Å²) in [5.41, 5.74) is 5.91. The summed E-state index contributed by atoms with van der Waals surface area (Å²) in [5.74, 6) is -2.28. The summed E-state index contributed by atoms with van der Waals surface area (Å²) in [6.07, 6.45) is -0.767. The molecule has 3 aliphatic heterocycles. The quantitative estimate of drug-likeness (QED) is 0.0569. The van der Waals surface area contributed by atoms with Crippen LogP contribution < -0.4 is 5.32 Å². The molecule has 3 unspecified atom stereocenters. The molecule has 3 fully saturated rings. The highest BCUT2D eigenvalue weighted by molar-refractivity contribution is 7.24. The first-order valence-electron chi connectivity index (χ1n) is 17.9. The molecule has 284 valence electrons. The van der Waals surface area contributed by atoms with Crippen molar-refractivity contribution >= 4 is 26.3 Å². The van der Waals surface area contributed by atoms with Gasteiger partial charge in [-0.3, -0.25) is 19.1 Å². The van der Waals surface area contributed by atoms with E-state index in [1.165, 1.54) is 6.92 Å². The third kappa shape index (κ3) is 9.73. The van der Waals surface area contributed by atoms with E-state index in [2.05, 4.69) is 22.3 Å². The first kappa shape index (κ1) is 42.0. The highest BCUT2D eigenvalue weighted by Crippen LogP contribution is 2.40. The van der Waals surface area contributed by atoms with Gasteiger partial charge >= 0.3 is 12.1 Å². The van der Waals surface area contributed by atoms with Crippen LogP contribution in [0.2, 0.25) is 0 Å². The van der Waals surface area contributed by atoms with Gasteiger partial charge in [-0.2, -0.15) is 0 Å². The van der Waals surface area contributed by atoms with Crippen molar-refractivity contribution in [3.63, 3.8) is 0 Å². The Morgan fingerprint density at radius 2 is 1.86 bits per heavy atom. The molecule has 0 aliphatic carbocycles. The van der Waals surface area contributed by atoms with Gasteiger partial charge in [0.1, 0.15) is 23.5 Å². The zero-order valence-electron chi connectivity index (χ0n) is 31.5. The number of ether oxygens (including phenoxy) is 5. The van der Waals surface area contributed by atoms with E-state index in [1.807, 2.05) is 46.7 Å². The lowest BCUT2D eigenvalue weighted by Crippen LogP contribution is -2.61. The van der Waals surface area contributed by atoms with E-state index >= 15 is 0 Å². The van der Waals surface area contributed by atoms with Crippen LogP contribution in [0.25, 0.3) is 10.4 Å². The van der Waals surface area contributed by atoms with Crippen LogP contribution in [0.1, 0.15) is 87.0 Å². The van der Waals surface area contributed by atoms with Gasteiger partial charge in [0.05, 0.1) is 23.9 Å². The van der Waals surface area contributed by atoms with E-state index in [0.29, 0.717) is 51.7 Å². The number of esters is 1. The van der Waals surface area contributed by atoms with Crippen molar-refractivity contribution in [3.05, 3.63) is 10.4 Å². The number of cyclic esters (lactones) is 1. The second kappa shape index (κ2) is 18.4. The Balaban J connectivity index is 1.99. The zero-order chi connectivity index (χ0) is 37.4. The zero-order valence-corrected chi connectivity index (χ0v) is 32.4. The minimum absolute atomic E-state index is 0.00160. The Bertz CT molecular complexity index is 1240. The molecule has 0 saturated carbocycles. The molecule has 0 radical (unpaired) electrons. The lowest BCUT2D eigenvalue weighted by atomic mass is 9.83. The largest absolute Gasteiger partial charge is 0.458 e. The topological polar surface area (TPSA) is 182 Å². The second-order valence-electron chi connectivity index (χ2n) is 14.9. The standard InChI is InChI=1S/C34H59N6O9P/c1-11-26-34(7)29(40(32(43)49-34)15-13-12-14-37-38-35)23(5)36-19-20(2)18-33(6,45-10)27(17-25(41)22(4)30(42)47-26)48-31-28(50-44)24(39(8)9)16-21(3)46-31/h20-24,26-29,31,36H,11-19H2,1-10H3/t20-,21?,22-,23-,24?,26-,27-,28?,29-,31+,33+,34-/m1/s1. The molecule has 16 heteroatoms. The van der Waals surface area contributed by atoms with Gasteiger partial charge in [-0.05, 0) is 98.8 Å². The number of methoxy groups -OCH3 is 1. The SMILES string of the molecule is CC[C@H]1OC(=O)[C@H](C)C(=O)C[C@@H](O[C@@H]2OC(C)CC(N(C)C)C2P=O)[C@@](C)(OC)C[C@@H](C)CN[C@H](C)[C@H]2N(CCCCN=[N+]=[N-])C(=O)O[C@]12C. The number of ketones is 1. The number of azide groups is 1. The number of rotatable bonds is 11. The van der Waals surface area contributed by atoms with Crippen molar-refractivity contribution in [2.45, 2.75) is 147 Å². The summed E-state index contributed by atoms with van der Waals surface area (Å²) in [7, 11) is 5.30. The molecule has 1 N–H and O–H groups in total. The van der Waals surface area contributed by atoms with Gasteiger partial charge in [0.2, 0.25) is 0 Å². The van der Waals surface area contributed by atoms with Crippen molar-refractivity contribution in [1.29, 1.82) is 0 Å². The van der Waals surface area contributed by atoms with E-state index in [9.17, 15) is 18.9 Å². The fraction of sp³-hybridized carbons (Fsp3) is 0.912. The fourth-order valence-electron chi connectivity index (χ4n) is 7.78. The third-order valence-electron chi connectivity index (χ3n) is 10.8. The van der Waals surface area contributed by atoms with Gasteiger partial charge in [0, 0.05) is 43.6 Å². The number of hydrogen-bond acceptors (Lipinski definition) is 12. The summed E-state index contributed by atoms with van der Waals surface area (Å²) in [4.78, 5) is 47.6.